The number of aryl methyl sites for hydroxylation is 1. The second-order valence-electron chi connectivity index (χ2n) is 6.08. The lowest BCUT2D eigenvalue weighted by Gasteiger charge is -2.29. The number of nitrogens with zero attached hydrogens (tertiary/aromatic N) is 1. The maximum absolute atomic E-state index is 13.0. The largest absolute Gasteiger partial charge is 0.494 e. The summed E-state index contributed by atoms with van der Waals surface area (Å²) >= 11 is 0. The maximum atomic E-state index is 13.0. The molecule has 1 aromatic rings. The molecule has 1 heterocycles. The van der Waals surface area contributed by atoms with E-state index in [-0.39, 0.29) is 12.0 Å². The van der Waals surface area contributed by atoms with Crippen LogP contribution in [0.3, 0.4) is 0 Å². The zero-order valence-electron chi connectivity index (χ0n) is 14.2. The van der Waals surface area contributed by atoms with Gasteiger partial charge in [-0.3, -0.25) is 0 Å². The van der Waals surface area contributed by atoms with Crippen molar-refractivity contribution in [2.75, 3.05) is 26.9 Å². The van der Waals surface area contributed by atoms with Gasteiger partial charge in [0.05, 0.1) is 4.90 Å². The first-order valence-electron chi connectivity index (χ1n) is 7.77. The second kappa shape index (κ2) is 7.47. The van der Waals surface area contributed by atoms with Gasteiger partial charge in [0.15, 0.2) is 0 Å². The number of hydrogen-bond acceptors (Lipinski definition) is 4. The van der Waals surface area contributed by atoms with E-state index in [1.54, 1.807) is 19.2 Å². The first kappa shape index (κ1) is 18.0. The quantitative estimate of drug-likeness (QED) is 0.827. The third-order valence-corrected chi connectivity index (χ3v) is 5.80. The van der Waals surface area contributed by atoms with Crippen LogP contribution in [-0.4, -0.2) is 45.6 Å². The lowest BCUT2D eigenvalue weighted by molar-refractivity contribution is 0.131. The van der Waals surface area contributed by atoms with Crippen LogP contribution < -0.4 is 0 Å². The summed E-state index contributed by atoms with van der Waals surface area (Å²) in [6, 6.07) is 6.70. The molecule has 0 fully saturated rings. The van der Waals surface area contributed by atoms with Gasteiger partial charge < -0.3 is 9.47 Å². The summed E-state index contributed by atoms with van der Waals surface area (Å²) in [6.45, 7) is 6.95. The standard InChI is InChI=1S/C17H25NO4S/c1-13(2)17-11-15(12-21-4)22-10-9-18(17)23(19,20)16-7-5-14(3)6-8-16/h5-8,11,13,17H,9-10,12H2,1-4H3/t17-/m1/s1. The molecule has 0 unspecified atom stereocenters. The van der Waals surface area contributed by atoms with Crippen molar-refractivity contribution in [3.8, 4) is 0 Å². The fourth-order valence-corrected chi connectivity index (χ4v) is 4.31. The predicted octanol–water partition coefficient (Wildman–Crippen LogP) is 2.57. The summed E-state index contributed by atoms with van der Waals surface area (Å²) in [4.78, 5) is 0.317. The van der Waals surface area contributed by atoms with Crippen LogP contribution in [0.25, 0.3) is 0 Å². The summed E-state index contributed by atoms with van der Waals surface area (Å²) in [7, 11) is -1.97. The van der Waals surface area contributed by atoms with E-state index in [1.807, 2.05) is 39.0 Å². The van der Waals surface area contributed by atoms with Crippen LogP contribution in [0.5, 0.6) is 0 Å². The van der Waals surface area contributed by atoms with Crippen molar-refractivity contribution in [1.29, 1.82) is 0 Å². The molecule has 2 rings (SSSR count). The number of hydrogen-bond donors (Lipinski definition) is 0. The van der Waals surface area contributed by atoms with Gasteiger partial charge in [0, 0.05) is 19.7 Å². The van der Waals surface area contributed by atoms with Crippen molar-refractivity contribution in [3.63, 3.8) is 0 Å². The van der Waals surface area contributed by atoms with Crippen LogP contribution >= 0.6 is 0 Å². The monoisotopic (exact) mass is 339 g/mol. The summed E-state index contributed by atoms with van der Waals surface area (Å²) in [6.07, 6.45) is 1.87. The minimum Gasteiger partial charge on any atom is -0.494 e. The van der Waals surface area contributed by atoms with E-state index >= 15 is 0 Å². The Bertz CT molecular complexity index is 650. The second-order valence-corrected chi connectivity index (χ2v) is 7.97. The molecule has 0 spiro atoms. The van der Waals surface area contributed by atoms with Crippen LogP contribution in [0.1, 0.15) is 19.4 Å². The van der Waals surface area contributed by atoms with Crippen molar-refractivity contribution in [3.05, 3.63) is 41.7 Å². The SMILES string of the molecule is COCC1=C[C@H](C(C)C)N(S(=O)(=O)c2ccc(C)cc2)CCO1. The number of benzene rings is 1. The Kier molecular flexibility index (Phi) is 5.84. The molecule has 5 nitrogen and oxygen atoms in total. The molecule has 23 heavy (non-hydrogen) atoms. The van der Waals surface area contributed by atoms with Gasteiger partial charge in [-0.25, -0.2) is 8.42 Å². The molecule has 0 amide bonds. The highest BCUT2D eigenvalue weighted by Gasteiger charge is 2.34. The zero-order chi connectivity index (χ0) is 17.0. The van der Waals surface area contributed by atoms with Gasteiger partial charge in [0.25, 0.3) is 0 Å². The van der Waals surface area contributed by atoms with E-state index in [0.29, 0.717) is 30.4 Å². The minimum absolute atomic E-state index is 0.128. The van der Waals surface area contributed by atoms with Gasteiger partial charge in [0.2, 0.25) is 10.0 Å². The first-order chi connectivity index (χ1) is 10.9. The molecule has 1 aromatic carbocycles. The molecule has 0 aromatic heterocycles. The highest BCUT2D eigenvalue weighted by molar-refractivity contribution is 7.89. The average molecular weight is 339 g/mol. The van der Waals surface area contributed by atoms with Gasteiger partial charge in [-0.05, 0) is 31.1 Å². The molecule has 0 saturated carbocycles. The van der Waals surface area contributed by atoms with Gasteiger partial charge in [-0.15, -0.1) is 0 Å². The predicted molar refractivity (Wildman–Crippen MR) is 89.6 cm³/mol. The van der Waals surface area contributed by atoms with Crippen molar-refractivity contribution in [1.82, 2.24) is 4.31 Å². The van der Waals surface area contributed by atoms with Crippen LogP contribution in [0, 0.1) is 12.8 Å². The van der Waals surface area contributed by atoms with Crippen LogP contribution in [-0.2, 0) is 19.5 Å². The van der Waals surface area contributed by atoms with E-state index in [1.165, 1.54) is 4.31 Å². The van der Waals surface area contributed by atoms with Crippen LogP contribution in [0.4, 0.5) is 0 Å². The fraction of sp³-hybridized carbons (Fsp3) is 0.529. The minimum atomic E-state index is -3.57. The smallest absolute Gasteiger partial charge is 0.243 e. The summed E-state index contributed by atoms with van der Waals surface area (Å²) in [5, 5.41) is 0. The molecule has 1 aliphatic rings. The number of methoxy groups -OCH3 is 1. The third kappa shape index (κ3) is 4.13. The van der Waals surface area contributed by atoms with Gasteiger partial charge >= 0.3 is 0 Å². The van der Waals surface area contributed by atoms with Crippen molar-refractivity contribution >= 4 is 10.0 Å². The molecular formula is C17H25NO4S. The molecule has 128 valence electrons. The average Bonchev–Trinajstić information content (AvgIpc) is 2.71. The highest BCUT2D eigenvalue weighted by Crippen LogP contribution is 2.26. The lowest BCUT2D eigenvalue weighted by Crippen LogP contribution is -2.43. The molecule has 1 aliphatic heterocycles. The van der Waals surface area contributed by atoms with Crippen LogP contribution in [0.15, 0.2) is 41.0 Å². The summed E-state index contributed by atoms with van der Waals surface area (Å²) in [5.41, 5.74) is 1.03. The number of sulfonamides is 1. The molecular weight excluding hydrogens is 314 g/mol. The maximum Gasteiger partial charge on any atom is 0.243 e. The van der Waals surface area contributed by atoms with Crippen LogP contribution in [0.2, 0.25) is 0 Å². The van der Waals surface area contributed by atoms with Crippen molar-refractivity contribution in [2.24, 2.45) is 5.92 Å². The molecule has 0 N–H and O–H groups in total. The summed E-state index contributed by atoms with van der Waals surface area (Å²) < 4.78 is 38.4. The Morgan fingerprint density at radius 2 is 1.96 bits per heavy atom. The van der Waals surface area contributed by atoms with E-state index in [9.17, 15) is 8.42 Å². The van der Waals surface area contributed by atoms with E-state index < -0.39 is 10.0 Å². The Balaban J connectivity index is 2.40. The fourth-order valence-electron chi connectivity index (χ4n) is 2.62. The molecule has 0 radical (unpaired) electrons. The molecule has 0 aliphatic carbocycles. The van der Waals surface area contributed by atoms with Gasteiger partial charge in [-0.1, -0.05) is 31.5 Å². The molecule has 6 heteroatoms. The van der Waals surface area contributed by atoms with Crippen molar-refractivity contribution in [2.45, 2.75) is 31.7 Å². The molecule has 0 bridgehead atoms. The lowest BCUT2D eigenvalue weighted by atomic mass is 10.0. The van der Waals surface area contributed by atoms with Crippen molar-refractivity contribution < 1.29 is 17.9 Å². The van der Waals surface area contributed by atoms with E-state index in [2.05, 4.69) is 0 Å². The zero-order valence-corrected chi connectivity index (χ0v) is 15.0. The summed E-state index contributed by atoms with van der Waals surface area (Å²) in [5.74, 6) is 0.816. The Hall–Kier alpha value is -1.37. The number of ether oxygens (including phenoxy) is 2. The Morgan fingerprint density at radius 3 is 2.52 bits per heavy atom. The Labute approximate surface area is 138 Å². The first-order valence-corrected chi connectivity index (χ1v) is 9.21. The molecule has 0 saturated heterocycles. The molecule has 1 atom stereocenters. The van der Waals surface area contributed by atoms with Gasteiger partial charge in [0.1, 0.15) is 19.0 Å². The highest BCUT2D eigenvalue weighted by atomic mass is 32.2. The third-order valence-electron chi connectivity index (χ3n) is 3.89. The van der Waals surface area contributed by atoms with E-state index in [4.69, 9.17) is 9.47 Å². The Morgan fingerprint density at radius 1 is 1.30 bits per heavy atom. The normalized spacial score (nSPS) is 20.0. The van der Waals surface area contributed by atoms with Gasteiger partial charge in [-0.2, -0.15) is 4.31 Å². The van der Waals surface area contributed by atoms with E-state index in [0.717, 1.165) is 5.56 Å². The number of rotatable bonds is 5. The topological polar surface area (TPSA) is 55.8 Å².